The van der Waals surface area contributed by atoms with Gasteiger partial charge in [-0.15, -0.1) is 0 Å². The minimum atomic E-state index is -0.580. The van der Waals surface area contributed by atoms with E-state index in [-0.39, 0.29) is 34.2 Å². The molecule has 2 rings (SSSR count). The summed E-state index contributed by atoms with van der Waals surface area (Å²) in [6, 6.07) is 3.41. The number of hydrazone groups is 1. The predicted octanol–water partition coefficient (Wildman–Crippen LogP) is 2.97. The zero-order valence-electron chi connectivity index (χ0n) is 14.8. The van der Waals surface area contributed by atoms with Crippen LogP contribution >= 0.6 is 0 Å². The van der Waals surface area contributed by atoms with Gasteiger partial charge in [-0.2, -0.15) is 5.10 Å². The summed E-state index contributed by atoms with van der Waals surface area (Å²) in [6.07, 6.45) is 4.84. The highest BCUT2D eigenvalue weighted by Crippen LogP contribution is 2.39. The van der Waals surface area contributed by atoms with Gasteiger partial charge in [-0.25, -0.2) is 5.43 Å². The van der Waals surface area contributed by atoms with Crippen LogP contribution < -0.4 is 10.5 Å². The minimum Gasteiger partial charge on any atom is -0.872 e. The molecule has 1 amide bonds. The van der Waals surface area contributed by atoms with Crippen LogP contribution in [0, 0.1) is 27.4 Å². The van der Waals surface area contributed by atoms with E-state index in [1.165, 1.54) is 0 Å². The molecular formula is C18H24N3O4-. The van der Waals surface area contributed by atoms with Gasteiger partial charge in [0.2, 0.25) is 5.91 Å². The quantitative estimate of drug-likeness (QED) is 0.513. The zero-order chi connectivity index (χ0) is 18.6. The Balaban J connectivity index is 1.91. The first-order valence-electron chi connectivity index (χ1n) is 8.47. The number of hydrogen-bond donors (Lipinski definition) is 1. The monoisotopic (exact) mass is 346 g/mol. The topological polar surface area (TPSA) is 108 Å². The van der Waals surface area contributed by atoms with Crippen LogP contribution in [0.25, 0.3) is 0 Å². The SMILES string of the molecule is CC(C)(C)C1CCC(C(=O)NN=Cc2cc([N+](=O)[O-])ccc2[O-])CC1. The minimum absolute atomic E-state index is 0.0749. The molecule has 1 N–H and O–H groups in total. The Morgan fingerprint density at radius 3 is 2.48 bits per heavy atom. The van der Waals surface area contributed by atoms with Gasteiger partial charge in [-0.1, -0.05) is 32.6 Å². The maximum absolute atomic E-state index is 12.2. The molecule has 1 aliphatic rings. The summed E-state index contributed by atoms with van der Waals surface area (Å²) in [5.74, 6) is -0.00343. The second kappa shape index (κ2) is 7.63. The number of rotatable bonds is 4. The third-order valence-electron chi connectivity index (χ3n) is 4.91. The molecule has 1 aromatic carbocycles. The molecule has 0 unspecified atom stereocenters. The average Bonchev–Trinajstić information content (AvgIpc) is 2.55. The molecule has 0 aromatic heterocycles. The fourth-order valence-electron chi connectivity index (χ4n) is 3.23. The molecular weight excluding hydrogens is 322 g/mol. The van der Waals surface area contributed by atoms with Crippen molar-refractivity contribution < 1.29 is 14.8 Å². The lowest BCUT2D eigenvalue weighted by Gasteiger charge is -2.36. The first kappa shape index (κ1) is 18.9. The van der Waals surface area contributed by atoms with Crippen LogP contribution in [-0.4, -0.2) is 17.0 Å². The van der Waals surface area contributed by atoms with E-state index in [1.54, 1.807) is 0 Å². The van der Waals surface area contributed by atoms with E-state index in [1.807, 2.05) is 0 Å². The van der Waals surface area contributed by atoms with Crippen LogP contribution in [0.4, 0.5) is 5.69 Å². The normalized spacial score (nSPS) is 21.2. The maximum Gasteiger partial charge on any atom is 0.270 e. The molecule has 1 aliphatic carbocycles. The fourth-order valence-corrected chi connectivity index (χ4v) is 3.23. The smallest absolute Gasteiger partial charge is 0.270 e. The molecule has 0 radical (unpaired) electrons. The first-order valence-corrected chi connectivity index (χ1v) is 8.47. The number of hydrogen-bond acceptors (Lipinski definition) is 5. The molecule has 0 saturated heterocycles. The maximum atomic E-state index is 12.2. The number of benzene rings is 1. The van der Waals surface area contributed by atoms with Gasteiger partial charge in [0.15, 0.2) is 0 Å². The molecule has 1 fully saturated rings. The third-order valence-corrected chi connectivity index (χ3v) is 4.91. The average molecular weight is 346 g/mol. The van der Waals surface area contributed by atoms with E-state index in [0.717, 1.165) is 50.1 Å². The van der Waals surface area contributed by atoms with Gasteiger partial charge >= 0.3 is 0 Å². The van der Waals surface area contributed by atoms with Gasteiger partial charge in [0.1, 0.15) is 0 Å². The largest absolute Gasteiger partial charge is 0.872 e. The number of nitrogens with one attached hydrogen (secondary N) is 1. The van der Waals surface area contributed by atoms with Gasteiger partial charge < -0.3 is 5.11 Å². The summed E-state index contributed by atoms with van der Waals surface area (Å²) in [5, 5.41) is 26.2. The summed E-state index contributed by atoms with van der Waals surface area (Å²) < 4.78 is 0. The molecule has 25 heavy (non-hydrogen) atoms. The number of nitro groups is 1. The highest BCUT2D eigenvalue weighted by Gasteiger charge is 2.32. The number of carbonyl (C=O) groups excluding carboxylic acids is 1. The highest BCUT2D eigenvalue weighted by molar-refractivity contribution is 5.86. The number of non-ortho nitro benzene ring substituents is 1. The number of nitro benzene ring substituents is 1. The molecule has 0 aliphatic heterocycles. The Morgan fingerprint density at radius 2 is 1.92 bits per heavy atom. The van der Waals surface area contributed by atoms with Crippen molar-refractivity contribution in [1.82, 2.24) is 5.43 Å². The number of amides is 1. The van der Waals surface area contributed by atoms with Crippen LogP contribution in [-0.2, 0) is 4.79 Å². The molecule has 1 saturated carbocycles. The van der Waals surface area contributed by atoms with Crippen molar-refractivity contribution in [2.24, 2.45) is 22.4 Å². The molecule has 1 aromatic rings. The van der Waals surface area contributed by atoms with Crippen molar-refractivity contribution >= 4 is 17.8 Å². The van der Waals surface area contributed by atoms with Crippen LogP contribution in [0.5, 0.6) is 5.75 Å². The fraction of sp³-hybridized carbons (Fsp3) is 0.556. The second-order valence-electron chi connectivity index (χ2n) is 7.63. The Hall–Kier alpha value is -2.44. The Labute approximate surface area is 147 Å². The number of nitrogens with zero attached hydrogens (tertiary/aromatic N) is 2. The lowest BCUT2D eigenvalue weighted by atomic mass is 9.70. The third kappa shape index (κ3) is 5.01. The van der Waals surface area contributed by atoms with E-state index in [9.17, 15) is 20.0 Å². The molecule has 7 heteroatoms. The summed E-state index contributed by atoms with van der Waals surface area (Å²) in [4.78, 5) is 22.4. The van der Waals surface area contributed by atoms with E-state index in [2.05, 4.69) is 31.3 Å². The standard InChI is InChI=1S/C18H25N3O4/c1-18(2,3)14-6-4-12(5-7-14)17(23)20-19-11-13-10-15(21(24)25)8-9-16(13)22/h8-12,14,22H,4-7H2,1-3H3,(H,20,23)/p-1. The molecule has 7 nitrogen and oxygen atoms in total. The lowest BCUT2D eigenvalue weighted by molar-refractivity contribution is -0.385. The van der Waals surface area contributed by atoms with E-state index in [4.69, 9.17) is 0 Å². The predicted molar refractivity (Wildman–Crippen MR) is 93.2 cm³/mol. The summed E-state index contributed by atoms with van der Waals surface area (Å²) >= 11 is 0. The lowest BCUT2D eigenvalue weighted by Crippen LogP contribution is -2.33. The number of carbonyl (C=O) groups is 1. The van der Waals surface area contributed by atoms with Gasteiger partial charge in [0, 0.05) is 18.1 Å². The second-order valence-corrected chi connectivity index (χ2v) is 7.63. The van der Waals surface area contributed by atoms with Gasteiger partial charge in [-0.05, 0) is 42.6 Å². The van der Waals surface area contributed by atoms with Crippen molar-refractivity contribution in [2.45, 2.75) is 46.5 Å². The Bertz CT molecular complexity index is 671. The summed E-state index contributed by atoms with van der Waals surface area (Å²) in [5.41, 5.74) is 2.60. The van der Waals surface area contributed by atoms with Crippen LogP contribution in [0.3, 0.4) is 0 Å². The van der Waals surface area contributed by atoms with E-state index < -0.39 is 4.92 Å². The molecule has 0 spiro atoms. The zero-order valence-corrected chi connectivity index (χ0v) is 14.8. The Kier molecular flexibility index (Phi) is 5.77. The van der Waals surface area contributed by atoms with E-state index >= 15 is 0 Å². The summed E-state index contributed by atoms with van der Waals surface area (Å²) in [6.45, 7) is 6.67. The molecule has 136 valence electrons. The summed E-state index contributed by atoms with van der Waals surface area (Å²) in [7, 11) is 0. The molecule has 0 bridgehead atoms. The van der Waals surface area contributed by atoms with Gasteiger partial charge in [0.05, 0.1) is 11.1 Å². The molecule has 0 heterocycles. The first-order chi connectivity index (χ1) is 11.7. The van der Waals surface area contributed by atoms with Crippen molar-refractivity contribution in [1.29, 1.82) is 0 Å². The van der Waals surface area contributed by atoms with Crippen LogP contribution in [0.2, 0.25) is 0 Å². The van der Waals surface area contributed by atoms with Crippen molar-refractivity contribution in [3.63, 3.8) is 0 Å². The Morgan fingerprint density at radius 1 is 1.28 bits per heavy atom. The van der Waals surface area contributed by atoms with Crippen molar-refractivity contribution in [2.75, 3.05) is 0 Å². The van der Waals surface area contributed by atoms with Crippen molar-refractivity contribution in [3.05, 3.63) is 33.9 Å². The molecule has 0 atom stereocenters. The van der Waals surface area contributed by atoms with Crippen LogP contribution in [0.1, 0.15) is 52.0 Å². The van der Waals surface area contributed by atoms with Crippen molar-refractivity contribution in [3.8, 4) is 5.75 Å². The van der Waals surface area contributed by atoms with Gasteiger partial charge in [0.25, 0.3) is 5.69 Å². The van der Waals surface area contributed by atoms with Crippen LogP contribution in [0.15, 0.2) is 23.3 Å². The van der Waals surface area contributed by atoms with E-state index in [0.29, 0.717) is 5.92 Å². The highest BCUT2D eigenvalue weighted by atomic mass is 16.6. The van der Waals surface area contributed by atoms with Gasteiger partial charge in [-0.3, -0.25) is 14.9 Å².